The molecule has 10 heteroatoms. The van der Waals surface area contributed by atoms with Crippen LogP contribution in [0.4, 0.5) is 18.0 Å². The van der Waals surface area contributed by atoms with E-state index in [0.717, 1.165) is 4.90 Å². The lowest BCUT2D eigenvalue weighted by molar-refractivity contribution is -0.187. The predicted octanol–water partition coefficient (Wildman–Crippen LogP) is 2.50. The third-order valence-corrected chi connectivity index (χ3v) is 4.69. The summed E-state index contributed by atoms with van der Waals surface area (Å²) in [6.07, 6.45) is -2.56. The summed E-state index contributed by atoms with van der Waals surface area (Å²) in [5.74, 6) is -5.24. The van der Waals surface area contributed by atoms with Crippen molar-refractivity contribution in [3.8, 4) is 0 Å². The van der Waals surface area contributed by atoms with Crippen LogP contribution in [-0.4, -0.2) is 46.3 Å². The van der Waals surface area contributed by atoms with Gasteiger partial charge in [0.05, 0.1) is 17.9 Å². The van der Waals surface area contributed by atoms with E-state index in [9.17, 15) is 22.8 Å². The topological polar surface area (TPSA) is 82.5 Å². The van der Waals surface area contributed by atoms with E-state index in [1.54, 1.807) is 11.6 Å². The maximum atomic E-state index is 12.9. The Morgan fingerprint density at radius 1 is 1.52 bits per heavy atom. The highest BCUT2D eigenvalue weighted by Gasteiger charge is 2.53. The van der Waals surface area contributed by atoms with Gasteiger partial charge in [0.25, 0.3) is 0 Å². The number of rotatable bonds is 4. The van der Waals surface area contributed by atoms with Crippen molar-refractivity contribution in [2.24, 2.45) is 11.8 Å². The highest BCUT2D eigenvalue weighted by atomic mass is 32.1. The van der Waals surface area contributed by atoms with Gasteiger partial charge in [0.1, 0.15) is 5.01 Å². The van der Waals surface area contributed by atoms with Crippen LogP contribution in [0, 0.1) is 11.8 Å². The number of alkyl halides is 3. The molecule has 1 aromatic rings. The summed E-state index contributed by atoms with van der Waals surface area (Å²) in [6, 6.07) is -1.11. The summed E-state index contributed by atoms with van der Waals surface area (Å²) in [5, 5.41) is 14.0. The van der Waals surface area contributed by atoms with Crippen molar-refractivity contribution in [2.75, 3.05) is 13.1 Å². The molecule has 0 aliphatic carbocycles. The SMILES string of the molecule is CCC(NC(=O)N1C[C@@H](C(F)(F)F)[C@H](C(=O)O)C1)c1nccs1. The highest BCUT2D eigenvalue weighted by molar-refractivity contribution is 7.09. The molecule has 2 N–H and O–H groups in total. The molecule has 0 saturated carbocycles. The Kier molecular flexibility index (Phi) is 5.12. The molecule has 1 aromatic heterocycles. The number of aliphatic carboxylic acids is 1. The fourth-order valence-electron chi connectivity index (χ4n) is 2.54. The van der Waals surface area contributed by atoms with Crippen molar-refractivity contribution in [2.45, 2.75) is 25.6 Å². The number of hydrogen-bond acceptors (Lipinski definition) is 4. The largest absolute Gasteiger partial charge is 0.481 e. The van der Waals surface area contributed by atoms with E-state index in [0.29, 0.717) is 11.4 Å². The van der Waals surface area contributed by atoms with Gasteiger partial charge < -0.3 is 15.3 Å². The average molecular weight is 351 g/mol. The second-order valence-corrected chi connectivity index (χ2v) is 6.20. The molecule has 0 radical (unpaired) electrons. The van der Waals surface area contributed by atoms with Crippen LogP contribution in [0.3, 0.4) is 0 Å². The quantitative estimate of drug-likeness (QED) is 0.873. The van der Waals surface area contributed by atoms with Gasteiger partial charge in [-0.1, -0.05) is 6.92 Å². The fourth-order valence-corrected chi connectivity index (χ4v) is 3.31. The molecule has 0 bridgehead atoms. The van der Waals surface area contributed by atoms with Crippen molar-refractivity contribution in [1.29, 1.82) is 0 Å². The summed E-state index contributed by atoms with van der Waals surface area (Å²) in [4.78, 5) is 28.2. The zero-order chi connectivity index (χ0) is 17.2. The Labute approximate surface area is 134 Å². The van der Waals surface area contributed by atoms with Crippen LogP contribution in [0.15, 0.2) is 11.6 Å². The molecular weight excluding hydrogens is 335 g/mol. The number of hydrogen-bond donors (Lipinski definition) is 2. The fraction of sp³-hybridized carbons (Fsp3) is 0.615. The van der Waals surface area contributed by atoms with E-state index in [2.05, 4.69) is 10.3 Å². The lowest BCUT2D eigenvalue weighted by atomic mass is 9.96. The van der Waals surface area contributed by atoms with E-state index in [1.165, 1.54) is 11.3 Å². The van der Waals surface area contributed by atoms with Crippen molar-refractivity contribution >= 4 is 23.3 Å². The number of aromatic nitrogens is 1. The van der Waals surface area contributed by atoms with Gasteiger partial charge in [-0.05, 0) is 6.42 Å². The van der Waals surface area contributed by atoms with Crippen LogP contribution in [0.1, 0.15) is 24.4 Å². The van der Waals surface area contributed by atoms with E-state index in [1.807, 2.05) is 6.92 Å². The number of urea groups is 1. The van der Waals surface area contributed by atoms with Gasteiger partial charge >= 0.3 is 18.2 Å². The third-order valence-electron chi connectivity index (χ3n) is 3.80. The van der Waals surface area contributed by atoms with Gasteiger partial charge in [-0.25, -0.2) is 9.78 Å². The standard InChI is InChI=1S/C13H16F3N3O3S/c1-2-9(10-17-3-4-23-10)18-12(22)19-5-7(11(20)21)8(6-19)13(14,15)16/h3-4,7-9H,2,5-6H2,1H3,(H,18,22)(H,20,21)/t7-,8-,9?/m1/s1. The average Bonchev–Trinajstić information content (AvgIpc) is 3.12. The number of carbonyl (C=O) groups is 2. The molecule has 2 amide bonds. The number of halogens is 3. The molecule has 2 heterocycles. The minimum absolute atomic E-state index is 0.407. The summed E-state index contributed by atoms with van der Waals surface area (Å²) < 4.78 is 38.8. The monoisotopic (exact) mass is 351 g/mol. The van der Waals surface area contributed by atoms with Gasteiger partial charge in [-0.3, -0.25) is 4.79 Å². The van der Waals surface area contributed by atoms with E-state index < -0.39 is 49.1 Å². The molecule has 0 aromatic carbocycles. The number of nitrogens with one attached hydrogen (secondary N) is 1. The number of thiazole rings is 1. The van der Waals surface area contributed by atoms with E-state index >= 15 is 0 Å². The maximum Gasteiger partial charge on any atom is 0.394 e. The van der Waals surface area contributed by atoms with Crippen LogP contribution in [0.25, 0.3) is 0 Å². The van der Waals surface area contributed by atoms with Crippen LogP contribution in [0.5, 0.6) is 0 Å². The molecule has 128 valence electrons. The molecule has 1 unspecified atom stereocenters. The maximum absolute atomic E-state index is 12.9. The first-order valence-electron chi connectivity index (χ1n) is 6.98. The third kappa shape index (κ3) is 3.92. The second kappa shape index (κ2) is 6.73. The second-order valence-electron chi connectivity index (χ2n) is 5.28. The summed E-state index contributed by atoms with van der Waals surface area (Å²) in [6.45, 7) is 0.704. The Morgan fingerprint density at radius 3 is 2.65 bits per heavy atom. The van der Waals surface area contributed by atoms with Gasteiger partial charge in [-0.2, -0.15) is 13.2 Å². The molecule has 2 rings (SSSR count). The van der Waals surface area contributed by atoms with Crippen LogP contribution < -0.4 is 5.32 Å². The molecule has 6 nitrogen and oxygen atoms in total. The smallest absolute Gasteiger partial charge is 0.394 e. The lowest BCUT2D eigenvalue weighted by Gasteiger charge is -2.21. The molecular formula is C13H16F3N3O3S. The molecule has 1 fully saturated rings. The van der Waals surface area contributed by atoms with Gasteiger partial charge in [-0.15, -0.1) is 11.3 Å². The summed E-state index contributed by atoms with van der Waals surface area (Å²) >= 11 is 1.33. The highest BCUT2D eigenvalue weighted by Crippen LogP contribution is 2.37. The minimum atomic E-state index is -4.66. The normalized spacial score (nSPS) is 22.9. The Bertz CT molecular complexity index is 565. The molecule has 1 saturated heterocycles. The lowest BCUT2D eigenvalue weighted by Crippen LogP contribution is -2.41. The van der Waals surface area contributed by atoms with Gasteiger partial charge in [0, 0.05) is 24.7 Å². The van der Waals surface area contributed by atoms with Crippen molar-refractivity contribution in [3.05, 3.63) is 16.6 Å². The van der Waals surface area contributed by atoms with E-state index in [-0.39, 0.29) is 0 Å². The summed E-state index contributed by atoms with van der Waals surface area (Å²) in [7, 11) is 0. The minimum Gasteiger partial charge on any atom is -0.481 e. The number of carboxylic acid groups (broad SMARTS) is 1. The molecule has 23 heavy (non-hydrogen) atoms. The molecule has 1 aliphatic rings. The number of carbonyl (C=O) groups excluding carboxylic acids is 1. The summed E-state index contributed by atoms with van der Waals surface area (Å²) in [5.41, 5.74) is 0. The van der Waals surface area contributed by atoms with Crippen molar-refractivity contribution in [3.63, 3.8) is 0 Å². The first kappa shape index (κ1) is 17.5. The predicted molar refractivity (Wildman–Crippen MR) is 75.9 cm³/mol. The first-order valence-corrected chi connectivity index (χ1v) is 7.86. The number of likely N-dealkylation sites (tertiary alicyclic amines) is 1. The first-order chi connectivity index (χ1) is 10.7. The van der Waals surface area contributed by atoms with Crippen LogP contribution >= 0.6 is 11.3 Å². The number of amides is 2. The molecule has 3 atom stereocenters. The van der Waals surface area contributed by atoms with E-state index in [4.69, 9.17) is 5.11 Å². The van der Waals surface area contributed by atoms with Gasteiger partial charge in [0.15, 0.2) is 0 Å². The Morgan fingerprint density at radius 2 is 2.22 bits per heavy atom. The number of nitrogens with zero attached hydrogens (tertiary/aromatic N) is 2. The van der Waals surface area contributed by atoms with Crippen molar-refractivity contribution < 1.29 is 27.9 Å². The molecule has 1 aliphatic heterocycles. The zero-order valence-corrected chi connectivity index (χ0v) is 13.0. The van der Waals surface area contributed by atoms with Crippen LogP contribution in [-0.2, 0) is 4.79 Å². The number of carboxylic acids is 1. The van der Waals surface area contributed by atoms with Gasteiger partial charge in [0.2, 0.25) is 0 Å². The molecule has 0 spiro atoms. The Balaban J connectivity index is 2.07. The zero-order valence-electron chi connectivity index (χ0n) is 12.2. The van der Waals surface area contributed by atoms with Crippen LogP contribution in [0.2, 0.25) is 0 Å². The Hall–Kier alpha value is -1.84. The van der Waals surface area contributed by atoms with Crippen molar-refractivity contribution in [1.82, 2.24) is 15.2 Å².